The van der Waals surface area contributed by atoms with Gasteiger partial charge in [0.1, 0.15) is 11.6 Å². The summed E-state index contributed by atoms with van der Waals surface area (Å²) in [5.41, 5.74) is 2.56. The Bertz CT molecular complexity index is 930. The number of aromatic nitrogens is 2. The van der Waals surface area contributed by atoms with Crippen molar-refractivity contribution in [3.8, 4) is 17.1 Å². The average Bonchev–Trinajstić information content (AvgIpc) is 2.73. The quantitative estimate of drug-likeness (QED) is 0.563. The topological polar surface area (TPSA) is 64.5 Å². The highest BCUT2D eigenvalue weighted by molar-refractivity contribution is 5.80. The van der Waals surface area contributed by atoms with E-state index in [9.17, 15) is 4.79 Å². The molecule has 4 rings (SSSR count). The maximum Gasteiger partial charge on any atom is 0.316 e. The number of ether oxygens (including phenoxy) is 2. The monoisotopic (exact) mass is 409 g/mol. The molecule has 2 aliphatic rings. The van der Waals surface area contributed by atoms with Gasteiger partial charge in [-0.1, -0.05) is 19.1 Å². The highest BCUT2D eigenvalue weighted by Crippen LogP contribution is 2.36. The number of anilines is 1. The largest absolute Gasteiger partial charge is 0.425 e. The lowest BCUT2D eigenvalue weighted by Crippen LogP contribution is -2.38. The van der Waals surface area contributed by atoms with E-state index in [4.69, 9.17) is 19.4 Å². The zero-order valence-electron chi connectivity index (χ0n) is 18.4. The van der Waals surface area contributed by atoms with E-state index in [0.29, 0.717) is 30.7 Å². The fraction of sp³-hybridized carbons (Fsp3) is 0.542. The van der Waals surface area contributed by atoms with Gasteiger partial charge in [0.15, 0.2) is 5.82 Å². The van der Waals surface area contributed by atoms with Crippen LogP contribution in [-0.2, 0) is 22.4 Å². The predicted molar refractivity (Wildman–Crippen MR) is 117 cm³/mol. The molecular weight excluding hydrogens is 378 g/mol. The predicted octanol–water partition coefficient (Wildman–Crippen LogP) is 4.06. The summed E-state index contributed by atoms with van der Waals surface area (Å²) in [5, 5.41) is 0. The molecule has 0 spiro atoms. The Kier molecular flexibility index (Phi) is 5.78. The van der Waals surface area contributed by atoms with Gasteiger partial charge < -0.3 is 14.4 Å². The van der Waals surface area contributed by atoms with Crippen LogP contribution >= 0.6 is 0 Å². The van der Waals surface area contributed by atoms with Gasteiger partial charge in [-0.25, -0.2) is 9.97 Å². The van der Waals surface area contributed by atoms with Crippen molar-refractivity contribution in [1.29, 1.82) is 0 Å². The molecule has 6 nitrogen and oxygen atoms in total. The smallest absolute Gasteiger partial charge is 0.316 e. The number of nitrogens with zero attached hydrogens (tertiary/aromatic N) is 3. The van der Waals surface area contributed by atoms with Gasteiger partial charge in [-0.05, 0) is 58.1 Å². The number of carbonyl (C=O) groups excluding carboxylic acids is 1. The number of morpholine rings is 1. The summed E-state index contributed by atoms with van der Waals surface area (Å²) in [6.07, 6.45) is 3.11. The summed E-state index contributed by atoms with van der Waals surface area (Å²) < 4.78 is 11.3. The van der Waals surface area contributed by atoms with E-state index in [2.05, 4.69) is 11.8 Å². The fourth-order valence-corrected chi connectivity index (χ4v) is 3.92. The van der Waals surface area contributed by atoms with Crippen LogP contribution in [0.25, 0.3) is 11.4 Å². The molecule has 2 heterocycles. The first-order valence-corrected chi connectivity index (χ1v) is 10.9. The van der Waals surface area contributed by atoms with E-state index < -0.39 is 5.41 Å². The first kappa shape index (κ1) is 20.8. The van der Waals surface area contributed by atoms with Crippen molar-refractivity contribution >= 4 is 11.8 Å². The number of benzene rings is 1. The Balaban J connectivity index is 1.78. The van der Waals surface area contributed by atoms with Gasteiger partial charge in [-0.15, -0.1) is 0 Å². The van der Waals surface area contributed by atoms with Gasteiger partial charge in [-0.3, -0.25) is 4.79 Å². The highest BCUT2D eigenvalue weighted by Gasteiger charge is 2.28. The maximum atomic E-state index is 12.5. The van der Waals surface area contributed by atoms with Crippen molar-refractivity contribution in [2.45, 2.75) is 47.0 Å². The van der Waals surface area contributed by atoms with Crippen LogP contribution in [0.15, 0.2) is 24.3 Å². The molecule has 0 N–H and O–H groups in total. The van der Waals surface area contributed by atoms with Crippen molar-refractivity contribution in [1.82, 2.24) is 9.97 Å². The summed E-state index contributed by atoms with van der Waals surface area (Å²) in [7, 11) is 0. The average molecular weight is 410 g/mol. The standard InChI is InChI=1S/C24H31N3O3/c1-16-9-10-17-19(15-16)25-21(26-22(17)27-11-13-29-14-12-27)18-7-5-6-8-20(18)30-23(28)24(2,3)4/h5-8,16H,9-15H2,1-4H3. The van der Waals surface area contributed by atoms with E-state index in [1.54, 1.807) is 0 Å². The number of rotatable bonds is 3. The number of hydrogen-bond donors (Lipinski definition) is 0. The lowest BCUT2D eigenvalue weighted by molar-refractivity contribution is -0.142. The van der Waals surface area contributed by atoms with Crippen LogP contribution in [0.5, 0.6) is 5.75 Å². The maximum absolute atomic E-state index is 12.5. The fourth-order valence-electron chi connectivity index (χ4n) is 3.92. The molecule has 160 valence electrons. The third-order valence-electron chi connectivity index (χ3n) is 5.75. The van der Waals surface area contributed by atoms with Crippen LogP contribution in [-0.4, -0.2) is 42.2 Å². The minimum absolute atomic E-state index is 0.269. The van der Waals surface area contributed by atoms with Crippen molar-refractivity contribution in [2.75, 3.05) is 31.2 Å². The van der Waals surface area contributed by atoms with E-state index in [-0.39, 0.29) is 5.97 Å². The lowest BCUT2D eigenvalue weighted by Gasteiger charge is -2.32. The zero-order valence-corrected chi connectivity index (χ0v) is 18.4. The number of hydrogen-bond acceptors (Lipinski definition) is 6. The Hall–Kier alpha value is -2.47. The third-order valence-corrected chi connectivity index (χ3v) is 5.75. The van der Waals surface area contributed by atoms with Crippen LogP contribution in [0.4, 0.5) is 5.82 Å². The van der Waals surface area contributed by atoms with Crippen LogP contribution in [0.2, 0.25) is 0 Å². The molecule has 0 saturated carbocycles. The number of carbonyl (C=O) groups is 1. The van der Waals surface area contributed by atoms with Crippen molar-refractivity contribution < 1.29 is 14.3 Å². The lowest BCUT2D eigenvalue weighted by atomic mass is 9.88. The second-order valence-electron chi connectivity index (χ2n) is 9.38. The molecule has 6 heteroatoms. The van der Waals surface area contributed by atoms with E-state index in [0.717, 1.165) is 49.4 Å². The molecule has 1 fully saturated rings. The third kappa shape index (κ3) is 4.33. The summed E-state index contributed by atoms with van der Waals surface area (Å²) in [4.78, 5) is 24.8. The zero-order chi connectivity index (χ0) is 21.3. The van der Waals surface area contributed by atoms with E-state index in [1.807, 2.05) is 45.0 Å². The van der Waals surface area contributed by atoms with Gasteiger partial charge in [0.2, 0.25) is 0 Å². The van der Waals surface area contributed by atoms with E-state index in [1.165, 1.54) is 5.56 Å². The molecule has 0 amide bonds. The Morgan fingerprint density at radius 3 is 2.63 bits per heavy atom. The van der Waals surface area contributed by atoms with Crippen LogP contribution in [0.1, 0.15) is 45.4 Å². The van der Waals surface area contributed by atoms with Crippen LogP contribution in [0.3, 0.4) is 0 Å². The minimum atomic E-state index is -0.585. The molecule has 1 atom stereocenters. The SMILES string of the molecule is CC1CCc2c(nc(-c3ccccc3OC(=O)C(C)(C)C)nc2N2CCOCC2)C1. The van der Waals surface area contributed by atoms with Crippen molar-refractivity contribution in [3.05, 3.63) is 35.5 Å². The van der Waals surface area contributed by atoms with Crippen molar-refractivity contribution in [3.63, 3.8) is 0 Å². The number of para-hydroxylation sites is 1. The Morgan fingerprint density at radius 1 is 1.17 bits per heavy atom. The molecule has 30 heavy (non-hydrogen) atoms. The second kappa shape index (κ2) is 8.34. The molecule has 1 aliphatic heterocycles. The summed E-state index contributed by atoms with van der Waals surface area (Å²) in [6, 6.07) is 7.56. The van der Waals surface area contributed by atoms with Gasteiger partial charge in [0.05, 0.1) is 29.9 Å². The van der Waals surface area contributed by atoms with Gasteiger partial charge in [0.25, 0.3) is 0 Å². The van der Waals surface area contributed by atoms with Crippen molar-refractivity contribution in [2.24, 2.45) is 11.3 Å². The first-order chi connectivity index (χ1) is 14.3. The molecular formula is C24H31N3O3. The highest BCUT2D eigenvalue weighted by atomic mass is 16.5. The Labute approximate surface area is 178 Å². The molecule has 1 saturated heterocycles. The summed E-state index contributed by atoms with van der Waals surface area (Å²) >= 11 is 0. The number of esters is 1. The molecule has 0 radical (unpaired) electrons. The minimum Gasteiger partial charge on any atom is -0.425 e. The van der Waals surface area contributed by atoms with Crippen LogP contribution in [0, 0.1) is 11.3 Å². The molecule has 1 aliphatic carbocycles. The first-order valence-electron chi connectivity index (χ1n) is 10.9. The summed E-state index contributed by atoms with van der Waals surface area (Å²) in [5.74, 6) is 2.49. The molecule has 1 unspecified atom stereocenters. The molecule has 0 bridgehead atoms. The molecule has 2 aromatic rings. The van der Waals surface area contributed by atoms with Crippen LogP contribution < -0.4 is 9.64 Å². The second-order valence-corrected chi connectivity index (χ2v) is 9.38. The van der Waals surface area contributed by atoms with E-state index >= 15 is 0 Å². The van der Waals surface area contributed by atoms with Gasteiger partial charge in [0, 0.05) is 18.7 Å². The summed E-state index contributed by atoms with van der Waals surface area (Å²) in [6.45, 7) is 10.9. The number of fused-ring (bicyclic) bond motifs is 1. The van der Waals surface area contributed by atoms with Gasteiger partial charge in [-0.2, -0.15) is 0 Å². The molecule has 1 aromatic carbocycles. The molecule has 1 aromatic heterocycles. The Morgan fingerprint density at radius 2 is 1.90 bits per heavy atom. The normalized spacial score (nSPS) is 19.3. The van der Waals surface area contributed by atoms with Gasteiger partial charge >= 0.3 is 5.97 Å².